The Balaban J connectivity index is 2.50. The van der Waals surface area contributed by atoms with E-state index in [2.05, 4.69) is 0 Å². The molecule has 0 saturated heterocycles. The number of carbonyl (C=O) groups is 1. The van der Waals surface area contributed by atoms with Crippen LogP contribution in [0.3, 0.4) is 0 Å². The second kappa shape index (κ2) is 7.85. The minimum Gasteiger partial charge on any atom is -0.512 e. The fourth-order valence-corrected chi connectivity index (χ4v) is 2.55. The first-order valence-corrected chi connectivity index (χ1v) is 7.74. The third-order valence-electron chi connectivity index (χ3n) is 4.39. The van der Waals surface area contributed by atoms with Gasteiger partial charge in [-0.25, -0.2) is 0 Å². The number of hydrogen-bond acceptors (Lipinski definition) is 2. The molecule has 2 nitrogen and oxygen atoms in total. The second-order valence-corrected chi connectivity index (χ2v) is 6.16. The highest BCUT2D eigenvalue weighted by Gasteiger charge is 2.29. The summed E-state index contributed by atoms with van der Waals surface area (Å²) in [4.78, 5) is 12.1. The molecule has 0 heterocycles. The molecule has 0 radical (unpaired) electrons. The van der Waals surface area contributed by atoms with Crippen LogP contribution in [0.25, 0.3) is 0 Å². The van der Waals surface area contributed by atoms with Crippen LogP contribution in [-0.2, 0) is 4.79 Å². The minimum absolute atomic E-state index is 0.118. The average Bonchev–Trinajstić information content (AvgIpc) is 2.33. The number of aliphatic hydroxyl groups is 1. The van der Waals surface area contributed by atoms with E-state index >= 15 is 0 Å². The Labute approximate surface area is 124 Å². The first-order chi connectivity index (χ1) is 9.73. The highest BCUT2D eigenvalue weighted by Crippen LogP contribution is 2.34. The van der Waals surface area contributed by atoms with E-state index in [0.717, 1.165) is 25.3 Å². The van der Waals surface area contributed by atoms with Gasteiger partial charge in [-0.15, -0.1) is 0 Å². The molecule has 0 amide bonds. The third kappa shape index (κ3) is 6.53. The van der Waals surface area contributed by atoms with Gasteiger partial charge in [0, 0.05) is 24.3 Å². The first kappa shape index (κ1) is 18.1. The number of alkyl halides is 3. The lowest BCUT2D eigenvalue weighted by atomic mass is 9.77. The van der Waals surface area contributed by atoms with Crippen molar-refractivity contribution in [1.82, 2.24) is 0 Å². The molecule has 1 fully saturated rings. The molecule has 0 aromatic heterocycles. The number of halogens is 3. The van der Waals surface area contributed by atoms with E-state index in [-0.39, 0.29) is 23.9 Å². The Morgan fingerprint density at radius 2 is 2.00 bits per heavy atom. The van der Waals surface area contributed by atoms with Gasteiger partial charge in [-0.1, -0.05) is 33.1 Å². The SMILES string of the molecule is CCC(CC1CCC1)C(=O)/C=C(\O)C(C)CCC(F)(F)F. The summed E-state index contributed by atoms with van der Waals surface area (Å²) in [5.74, 6) is -0.543. The smallest absolute Gasteiger partial charge is 0.389 e. The van der Waals surface area contributed by atoms with Crippen LogP contribution < -0.4 is 0 Å². The van der Waals surface area contributed by atoms with Crippen molar-refractivity contribution in [2.24, 2.45) is 17.8 Å². The summed E-state index contributed by atoms with van der Waals surface area (Å²) in [5, 5.41) is 9.81. The van der Waals surface area contributed by atoms with E-state index in [4.69, 9.17) is 0 Å². The van der Waals surface area contributed by atoms with E-state index in [1.807, 2.05) is 6.92 Å². The van der Waals surface area contributed by atoms with Crippen molar-refractivity contribution in [3.8, 4) is 0 Å². The summed E-state index contributed by atoms with van der Waals surface area (Å²) in [7, 11) is 0. The molecule has 2 atom stereocenters. The molecule has 1 N–H and O–H groups in total. The highest BCUT2D eigenvalue weighted by atomic mass is 19.4. The van der Waals surface area contributed by atoms with Gasteiger partial charge in [-0.3, -0.25) is 4.79 Å². The summed E-state index contributed by atoms with van der Waals surface area (Å²) >= 11 is 0. The fourth-order valence-electron chi connectivity index (χ4n) is 2.55. The molecule has 1 aliphatic carbocycles. The zero-order chi connectivity index (χ0) is 16.0. The van der Waals surface area contributed by atoms with Gasteiger partial charge in [0.2, 0.25) is 0 Å². The van der Waals surface area contributed by atoms with Crippen LogP contribution in [-0.4, -0.2) is 17.1 Å². The molecule has 0 bridgehead atoms. The van der Waals surface area contributed by atoms with E-state index in [1.54, 1.807) is 0 Å². The van der Waals surface area contributed by atoms with Crippen molar-refractivity contribution in [3.63, 3.8) is 0 Å². The molecule has 1 saturated carbocycles. The average molecular weight is 306 g/mol. The summed E-state index contributed by atoms with van der Waals surface area (Å²) < 4.78 is 36.4. The normalized spacial score (nSPS) is 20.0. The maximum atomic E-state index is 12.1. The van der Waals surface area contributed by atoms with Gasteiger partial charge in [0.05, 0.1) is 5.76 Å². The van der Waals surface area contributed by atoms with Gasteiger partial charge in [0.1, 0.15) is 0 Å². The Hall–Kier alpha value is -1.00. The van der Waals surface area contributed by atoms with E-state index in [1.165, 1.54) is 13.3 Å². The molecule has 0 spiro atoms. The van der Waals surface area contributed by atoms with Gasteiger partial charge in [0.25, 0.3) is 0 Å². The van der Waals surface area contributed by atoms with Gasteiger partial charge in [-0.05, 0) is 25.2 Å². The number of hydrogen-bond donors (Lipinski definition) is 1. The highest BCUT2D eigenvalue weighted by molar-refractivity contribution is 5.92. The van der Waals surface area contributed by atoms with E-state index in [0.29, 0.717) is 12.3 Å². The minimum atomic E-state index is -4.23. The van der Waals surface area contributed by atoms with Crippen molar-refractivity contribution in [2.45, 2.75) is 65.0 Å². The van der Waals surface area contributed by atoms with Crippen molar-refractivity contribution in [1.29, 1.82) is 0 Å². The quantitative estimate of drug-likeness (QED) is 0.495. The van der Waals surface area contributed by atoms with Crippen molar-refractivity contribution < 1.29 is 23.1 Å². The Morgan fingerprint density at radius 1 is 1.38 bits per heavy atom. The van der Waals surface area contributed by atoms with Crippen LogP contribution in [0.2, 0.25) is 0 Å². The standard InChI is InChI=1S/C16H25F3O2/c1-3-13(9-12-5-4-6-12)15(21)10-14(20)11(2)7-8-16(17,18)19/h10-13,20H,3-9H2,1-2H3/b14-10-. The summed E-state index contributed by atoms with van der Waals surface area (Å²) in [6.07, 6.45) is 0.834. The number of rotatable bonds is 8. The Morgan fingerprint density at radius 3 is 2.43 bits per heavy atom. The zero-order valence-corrected chi connectivity index (χ0v) is 12.7. The third-order valence-corrected chi connectivity index (χ3v) is 4.39. The summed E-state index contributed by atoms with van der Waals surface area (Å²) in [6, 6.07) is 0. The Kier molecular flexibility index (Phi) is 6.75. The molecule has 2 unspecified atom stereocenters. The number of carbonyl (C=O) groups excluding carboxylic acids is 1. The summed E-state index contributed by atoms with van der Waals surface area (Å²) in [5.41, 5.74) is 0. The molecule has 0 aromatic rings. The largest absolute Gasteiger partial charge is 0.512 e. The van der Waals surface area contributed by atoms with Crippen molar-refractivity contribution >= 4 is 5.78 Å². The lowest BCUT2D eigenvalue weighted by Crippen LogP contribution is -2.21. The van der Waals surface area contributed by atoms with Gasteiger partial charge in [0.15, 0.2) is 5.78 Å². The predicted octanol–water partition coefficient (Wildman–Crippen LogP) is 5.19. The van der Waals surface area contributed by atoms with Crippen LogP contribution >= 0.6 is 0 Å². The molecular weight excluding hydrogens is 281 g/mol. The molecule has 21 heavy (non-hydrogen) atoms. The fraction of sp³-hybridized carbons (Fsp3) is 0.812. The van der Waals surface area contributed by atoms with Gasteiger partial charge in [-0.2, -0.15) is 13.2 Å². The Bertz CT molecular complexity index is 370. The molecule has 0 aliphatic heterocycles. The molecule has 5 heteroatoms. The molecule has 1 rings (SSSR count). The number of ketones is 1. The molecular formula is C16H25F3O2. The second-order valence-electron chi connectivity index (χ2n) is 6.16. The number of allylic oxidation sites excluding steroid dienone is 2. The van der Waals surface area contributed by atoms with Crippen LogP contribution in [0.4, 0.5) is 13.2 Å². The van der Waals surface area contributed by atoms with Crippen LogP contribution in [0.1, 0.15) is 58.8 Å². The van der Waals surface area contributed by atoms with Crippen LogP contribution in [0, 0.1) is 17.8 Å². The van der Waals surface area contributed by atoms with Crippen molar-refractivity contribution in [2.75, 3.05) is 0 Å². The predicted molar refractivity (Wildman–Crippen MR) is 75.9 cm³/mol. The maximum Gasteiger partial charge on any atom is 0.389 e. The maximum absolute atomic E-state index is 12.1. The monoisotopic (exact) mass is 306 g/mol. The molecule has 122 valence electrons. The van der Waals surface area contributed by atoms with Gasteiger partial charge < -0.3 is 5.11 Å². The van der Waals surface area contributed by atoms with Gasteiger partial charge >= 0.3 is 6.18 Å². The van der Waals surface area contributed by atoms with E-state index < -0.39 is 18.5 Å². The molecule has 1 aliphatic rings. The lowest BCUT2D eigenvalue weighted by molar-refractivity contribution is -0.137. The zero-order valence-electron chi connectivity index (χ0n) is 12.7. The lowest BCUT2D eigenvalue weighted by Gasteiger charge is -2.28. The van der Waals surface area contributed by atoms with E-state index in [9.17, 15) is 23.1 Å². The van der Waals surface area contributed by atoms with Crippen LogP contribution in [0.5, 0.6) is 0 Å². The first-order valence-electron chi connectivity index (χ1n) is 7.74. The van der Waals surface area contributed by atoms with Crippen LogP contribution in [0.15, 0.2) is 11.8 Å². The summed E-state index contributed by atoms with van der Waals surface area (Å²) in [6.45, 7) is 3.44. The number of aliphatic hydroxyl groups excluding tert-OH is 1. The van der Waals surface area contributed by atoms with Crippen molar-refractivity contribution in [3.05, 3.63) is 11.8 Å². The topological polar surface area (TPSA) is 37.3 Å². The molecule has 0 aromatic carbocycles.